The van der Waals surface area contributed by atoms with E-state index in [0.717, 1.165) is 12.1 Å². The Morgan fingerprint density at radius 2 is 1.86 bits per heavy atom. The number of amides is 2. The van der Waals surface area contributed by atoms with Crippen LogP contribution in [0.1, 0.15) is 18.0 Å². The molecule has 3 N–H and O–H groups in total. The Hall–Kier alpha value is -3.56. The molecule has 1 atom stereocenters. The number of carbonyl (C=O) groups excluding carboxylic acids is 2. The fourth-order valence-electron chi connectivity index (χ4n) is 2.46. The van der Waals surface area contributed by atoms with Gasteiger partial charge in [-0.1, -0.05) is 18.2 Å². The molecule has 1 unspecified atom stereocenters. The smallest absolute Gasteiger partial charge is 0.292 e. The van der Waals surface area contributed by atoms with Gasteiger partial charge < -0.3 is 16.0 Å². The molecule has 0 bridgehead atoms. The minimum absolute atomic E-state index is 0.0644. The normalized spacial score (nSPS) is 11.4. The lowest BCUT2D eigenvalue weighted by molar-refractivity contribution is -0.384. The maximum atomic E-state index is 13.5. The van der Waals surface area contributed by atoms with E-state index in [1.165, 1.54) is 31.3 Å². The highest BCUT2D eigenvalue weighted by atomic mass is 19.2. The maximum Gasteiger partial charge on any atom is 0.292 e. The first-order chi connectivity index (χ1) is 13.3. The van der Waals surface area contributed by atoms with Crippen LogP contribution in [0.25, 0.3) is 0 Å². The molecule has 0 aliphatic carbocycles. The van der Waals surface area contributed by atoms with Crippen LogP contribution < -0.4 is 16.0 Å². The second kappa shape index (κ2) is 9.40. The Labute approximate surface area is 159 Å². The van der Waals surface area contributed by atoms with Crippen LogP contribution in [0, 0.1) is 21.7 Å². The second-order valence-electron chi connectivity index (χ2n) is 5.74. The molecular formula is C18H18F2N4O4. The average Bonchev–Trinajstić information content (AvgIpc) is 2.68. The highest BCUT2D eigenvalue weighted by molar-refractivity contribution is 5.88. The van der Waals surface area contributed by atoms with Crippen LogP contribution in [0.15, 0.2) is 42.5 Å². The zero-order chi connectivity index (χ0) is 20.7. The fourth-order valence-corrected chi connectivity index (χ4v) is 2.46. The monoisotopic (exact) mass is 392 g/mol. The van der Waals surface area contributed by atoms with Crippen molar-refractivity contribution in [3.05, 3.63) is 69.8 Å². The van der Waals surface area contributed by atoms with E-state index in [1.54, 1.807) is 6.07 Å². The molecule has 148 valence electrons. The van der Waals surface area contributed by atoms with E-state index >= 15 is 0 Å². The van der Waals surface area contributed by atoms with Gasteiger partial charge in [-0.05, 0) is 23.8 Å². The first-order valence-corrected chi connectivity index (χ1v) is 8.26. The summed E-state index contributed by atoms with van der Waals surface area (Å²) in [5.74, 6) is -3.37. The molecule has 2 aromatic rings. The van der Waals surface area contributed by atoms with Crippen LogP contribution in [0.2, 0.25) is 0 Å². The fraction of sp³-hybridized carbons (Fsp3) is 0.222. The third-order valence-corrected chi connectivity index (χ3v) is 3.86. The molecule has 0 saturated heterocycles. The number of para-hydroxylation sites is 2. The summed E-state index contributed by atoms with van der Waals surface area (Å²) in [6.45, 7) is 0.0644. The quantitative estimate of drug-likeness (QED) is 0.471. The summed E-state index contributed by atoms with van der Waals surface area (Å²) in [5.41, 5.74) is 0.204. The van der Waals surface area contributed by atoms with Gasteiger partial charge in [0.2, 0.25) is 11.8 Å². The van der Waals surface area contributed by atoms with Crippen LogP contribution in [0.3, 0.4) is 0 Å². The predicted molar refractivity (Wildman–Crippen MR) is 97.5 cm³/mol. The number of nitrogens with zero attached hydrogens (tertiary/aromatic N) is 1. The number of nitro groups is 1. The highest BCUT2D eigenvalue weighted by Gasteiger charge is 2.23. The van der Waals surface area contributed by atoms with E-state index < -0.39 is 34.4 Å². The van der Waals surface area contributed by atoms with Gasteiger partial charge in [0.25, 0.3) is 5.69 Å². The lowest BCUT2D eigenvalue weighted by atomic mass is 10.1. The first kappa shape index (κ1) is 20.7. The molecule has 2 rings (SSSR count). The van der Waals surface area contributed by atoms with E-state index in [4.69, 9.17) is 0 Å². The number of anilines is 1. The first-order valence-electron chi connectivity index (χ1n) is 8.26. The summed E-state index contributed by atoms with van der Waals surface area (Å²) in [6.07, 6.45) is -0.108. The summed E-state index contributed by atoms with van der Waals surface area (Å²) in [6, 6.07) is 7.65. The Kier molecular flexibility index (Phi) is 6.96. The number of hydrogen-bond donors (Lipinski definition) is 3. The Bertz CT molecular complexity index is 892. The topological polar surface area (TPSA) is 113 Å². The molecule has 0 saturated carbocycles. The SMILES string of the molecule is CNC(=O)C(NC(=O)CCNc1ccccc1[N+](=O)[O-])c1ccc(F)c(F)c1. The van der Waals surface area contributed by atoms with Gasteiger partial charge >= 0.3 is 0 Å². The Morgan fingerprint density at radius 3 is 2.50 bits per heavy atom. The number of nitro benzene ring substituents is 1. The van der Waals surface area contributed by atoms with E-state index in [2.05, 4.69) is 16.0 Å². The van der Waals surface area contributed by atoms with Crippen LogP contribution >= 0.6 is 0 Å². The molecule has 0 radical (unpaired) electrons. The zero-order valence-corrected chi connectivity index (χ0v) is 14.9. The van der Waals surface area contributed by atoms with Crippen LogP contribution in [-0.2, 0) is 9.59 Å². The molecule has 28 heavy (non-hydrogen) atoms. The van der Waals surface area contributed by atoms with Crippen molar-refractivity contribution in [3.63, 3.8) is 0 Å². The lowest BCUT2D eigenvalue weighted by Crippen LogP contribution is -2.39. The van der Waals surface area contributed by atoms with Crippen molar-refractivity contribution >= 4 is 23.2 Å². The predicted octanol–water partition coefficient (Wildman–Crippen LogP) is 2.28. The number of halogens is 2. The van der Waals surface area contributed by atoms with Crippen molar-refractivity contribution in [3.8, 4) is 0 Å². The van der Waals surface area contributed by atoms with Gasteiger partial charge in [-0.25, -0.2) is 8.78 Å². The summed E-state index contributed by atoms with van der Waals surface area (Å²) in [5, 5.41) is 18.5. The third-order valence-electron chi connectivity index (χ3n) is 3.86. The number of likely N-dealkylation sites (N-methyl/N-ethyl adjacent to an activating group) is 1. The molecule has 8 nitrogen and oxygen atoms in total. The molecule has 10 heteroatoms. The van der Waals surface area contributed by atoms with Gasteiger partial charge in [0, 0.05) is 26.1 Å². The van der Waals surface area contributed by atoms with Crippen molar-refractivity contribution in [1.29, 1.82) is 0 Å². The minimum atomic E-state index is -1.21. The number of rotatable bonds is 8. The average molecular weight is 392 g/mol. The summed E-state index contributed by atoms with van der Waals surface area (Å²) in [7, 11) is 1.34. The molecule has 2 aromatic carbocycles. The number of hydrogen-bond acceptors (Lipinski definition) is 5. The van der Waals surface area contributed by atoms with E-state index in [0.29, 0.717) is 0 Å². The largest absolute Gasteiger partial charge is 0.379 e. The zero-order valence-electron chi connectivity index (χ0n) is 14.9. The summed E-state index contributed by atoms with van der Waals surface area (Å²) >= 11 is 0. The van der Waals surface area contributed by atoms with E-state index in [9.17, 15) is 28.5 Å². The molecular weight excluding hydrogens is 374 g/mol. The number of carbonyl (C=O) groups is 2. The van der Waals surface area contributed by atoms with Crippen molar-refractivity contribution in [2.75, 3.05) is 18.9 Å². The van der Waals surface area contributed by atoms with Gasteiger partial charge in [0.05, 0.1) is 4.92 Å². The second-order valence-corrected chi connectivity index (χ2v) is 5.74. The van der Waals surface area contributed by atoms with Crippen LogP contribution in [0.4, 0.5) is 20.2 Å². The minimum Gasteiger partial charge on any atom is -0.379 e. The van der Waals surface area contributed by atoms with Gasteiger partial charge in [-0.15, -0.1) is 0 Å². The summed E-state index contributed by atoms with van der Waals surface area (Å²) < 4.78 is 26.6. The van der Waals surface area contributed by atoms with Gasteiger partial charge in [-0.2, -0.15) is 0 Å². The van der Waals surface area contributed by atoms with Crippen molar-refractivity contribution in [1.82, 2.24) is 10.6 Å². The molecule has 0 aliphatic heterocycles. The molecule has 0 aromatic heterocycles. The lowest BCUT2D eigenvalue weighted by Gasteiger charge is -2.18. The molecule has 0 fully saturated rings. The summed E-state index contributed by atoms with van der Waals surface area (Å²) in [4.78, 5) is 34.6. The van der Waals surface area contributed by atoms with Crippen molar-refractivity contribution in [2.45, 2.75) is 12.5 Å². The molecule has 0 spiro atoms. The highest BCUT2D eigenvalue weighted by Crippen LogP contribution is 2.23. The Balaban J connectivity index is 2.01. The molecule has 0 aliphatic rings. The number of nitrogens with one attached hydrogen (secondary N) is 3. The van der Waals surface area contributed by atoms with Crippen molar-refractivity contribution in [2.24, 2.45) is 0 Å². The van der Waals surface area contributed by atoms with Crippen LogP contribution in [0.5, 0.6) is 0 Å². The molecule has 2 amide bonds. The maximum absolute atomic E-state index is 13.5. The van der Waals surface area contributed by atoms with Gasteiger partial charge in [-0.3, -0.25) is 19.7 Å². The van der Waals surface area contributed by atoms with E-state index in [1.807, 2.05) is 0 Å². The van der Waals surface area contributed by atoms with Gasteiger partial charge in [0.15, 0.2) is 11.6 Å². The van der Waals surface area contributed by atoms with E-state index in [-0.39, 0.29) is 29.9 Å². The number of benzene rings is 2. The molecule has 0 heterocycles. The standard InChI is InChI=1S/C18H18F2N4O4/c1-21-18(26)17(11-6-7-12(19)13(20)10-11)23-16(25)8-9-22-14-4-2-3-5-15(14)24(27)28/h2-7,10,17,22H,8-9H2,1H3,(H,21,26)(H,23,25). The third kappa shape index (κ3) is 5.22. The van der Waals surface area contributed by atoms with Gasteiger partial charge in [0.1, 0.15) is 11.7 Å². The Morgan fingerprint density at radius 1 is 1.14 bits per heavy atom. The van der Waals surface area contributed by atoms with Crippen LogP contribution in [-0.4, -0.2) is 30.3 Å². The van der Waals surface area contributed by atoms with Crippen molar-refractivity contribution < 1.29 is 23.3 Å².